The van der Waals surface area contributed by atoms with Crippen LogP contribution in [0.25, 0.3) is 0 Å². The van der Waals surface area contributed by atoms with Crippen LogP contribution < -0.4 is 20.1 Å². The highest BCUT2D eigenvalue weighted by Gasteiger charge is 2.18. The van der Waals surface area contributed by atoms with Gasteiger partial charge in [-0.15, -0.1) is 0 Å². The standard InChI is InChI=1S/C31H37ClN4O4/c1-39-28-14-9-25(29(21-28)40-2)22-36-19-17-35(18-20-36)16-4-3-15-33-30(37)23-7-12-27(13-8-23)34-31(38)24-5-10-26(32)11-6-24/h5-14,21H,3-4,15-20,22H2,1-2H3,(H,33,37)(H,34,38). The van der Waals surface area contributed by atoms with E-state index in [1.807, 2.05) is 12.1 Å². The van der Waals surface area contributed by atoms with Crippen molar-refractivity contribution in [2.75, 3.05) is 58.8 Å². The zero-order valence-electron chi connectivity index (χ0n) is 23.1. The third-order valence-corrected chi connectivity index (χ3v) is 7.30. The van der Waals surface area contributed by atoms with Crippen LogP contribution in [-0.2, 0) is 6.54 Å². The Morgan fingerprint density at radius 1 is 0.800 bits per heavy atom. The summed E-state index contributed by atoms with van der Waals surface area (Å²) in [5.41, 5.74) is 2.88. The lowest BCUT2D eigenvalue weighted by Gasteiger charge is -2.35. The molecule has 4 rings (SSSR count). The van der Waals surface area contributed by atoms with Gasteiger partial charge in [-0.3, -0.25) is 14.5 Å². The number of unbranched alkanes of at least 4 members (excludes halogenated alkanes) is 1. The molecule has 1 heterocycles. The number of nitrogens with zero attached hydrogens (tertiary/aromatic N) is 2. The summed E-state index contributed by atoms with van der Waals surface area (Å²) in [6.07, 6.45) is 1.95. The van der Waals surface area contributed by atoms with E-state index in [0.717, 1.165) is 63.6 Å². The van der Waals surface area contributed by atoms with E-state index >= 15 is 0 Å². The first-order valence-electron chi connectivity index (χ1n) is 13.6. The van der Waals surface area contributed by atoms with E-state index in [0.29, 0.717) is 28.4 Å². The Kier molecular flexibility index (Phi) is 10.8. The van der Waals surface area contributed by atoms with Gasteiger partial charge in [-0.1, -0.05) is 17.7 Å². The fraction of sp³-hybridized carbons (Fsp3) is 0.355. The van der Waals surface area contributed by atoms with Crippen LogP contribution in [0, 0.1) is 0 Å². The maximum Gasteiger partial charge on any atom is 0.255 e. The van der Waals surface area contributed by atoms with Gasteiger partial charge in [0.05, 0.1) is 14.2 Å². The molecular weight excluding hydrogens is 528 g/mol. The molecule has 3 aromatic carbocycles. The molecule has 0 unspecified atom stereocenters. The summed E-state index contributed by atoms with van der Waals surface area (Å²) in [5.74, 6) is 1.32. The van der Waals surface area contributed by atoms with Crippen molar-refractivity contribution in [1.82, 2.24) is 15.1 Å². The van der Waals surface area contributed by atoms with Crippen LogP contribution in [0.15, 0.2) is 66.7 Å². The number of rotatable bonds is 12. The molecule has 1 fully saturated rings. The third-order valence-electron chi connectivity index (χ3n) is 7.05. The number of piperazine rings is 1. The van der Waals surface area contributed by atoms with Crippen LogP contribution in [0.3, 0.4) is 0 Å². The van der Waals surface area contributed by atoms with E-state index in [-0.39, 0.29) is 11.8 Å². The average Bonchev–Trinajstić information content (AvgIpc) is 2.98. The van der Waals surface area contributed by atoms with E-state index in [2.05, 4.69) is 26.5 Å². The Morgan fingerprint density at radius 2 is 1.45 bits per heavy atom. The first kappa shape index (κ1) is 29.4. The van der Waals surface area contributed by atoms with Crippen LogP contribution >= 0.6 is 11.6 Å². The lowest BCUT2D eigenvalue weighted by atomic mass is 10.1. The monoisotopic (exact) mass is 564 g/mol. The Labute approximate surface area is 241 Å². The normalized spacial score (nSPS) is 14.0. The highest BCUT2D eigenvalue weighted by Crippen LogP contribution is 2.26. The van der Waals surface area contributed by atoms with Gasteiger partial charge in [0.15, 0.2) is 0 Å². The number of halogens is 1. The molecular formula is C31H37ClN4O4. The van der Waals surface area contributed by atoms with E-state index in [1.54, 1.807) is 62.8 Å². The Balaban J connectivity index is 1.11. The Morgan fingerprint density at radius 3 is 2.12 bits per heavy atom. The first-order valence-corrected chi connectivity index (χ1v) is 13.9. The molecule has 212 valence electrons. The van der Waals surface area contributed by atoms with Gasteiger partial charge in [-0.25, -0.2) is 0 Å². The number of anilines is 1. The minimum absolute atomic E-state index is 0.113. The van der Waals surface area contributed by atoms with Crippen molar-refractivity contribution in [3.05, 3.63) is 88.4 Å². The molecule has 3 aromatic rings. The smallest absolute Gasteiger partial charge is 0.255 e. The van der Waals surface area contributed by atoms with Crippen molar-refractivity contribution in [3.8, 4) is 11.5 Å². The van der Waals surface area contributed by atoms with E-state index in [4.69, 9.17) is 21.1 Å². The number of amides is 2. The number of hydrogen-bond donors (Lipinski definition) is 2. The number of methoxy groups -OCH3 is 2. The van der Waals surface area contributed by atoms with Crippen molar-refractivity contribution < 1.29 is 19.1 Å². The summed E-state index contributed by atoms with van der Waals surface area (Å²) < 4.78 is 10.8. The molecule has 8 nitrogen and oxygen atoms in total. The fourth-order valence-corrected chi connectivity index (χ4v) is 4.79. The van der Waals surface area contributed by atoms with Crippen LogP contribution in [-0.4, -0.2) is 75.1 Å². The Bertz CT molecular complexity index is 1260. The summed E-state index contributed by atoms with van der Waals surface area (Å²) >= 11 is 5.88. The van der Waals surface area contributed by atoms with Crippen LogP contribution in [0.2, 0.25) is 5.02 Å². The number of ether oxygens (including phenoxy) is 2. The molecule has 0 radical (unpaired) electrons. The van der Waals surface area contributed by atoms with Crippen molar-refractivity contribution in [3.63, 3.8) is 0 Å². The zero-order valence-corrected chi connectivity index (χ0v) is 23.9. The second kappa shape index (κ2) is 14.7. The maximum atomic E-state index is 12.5. The predicted molar refractivity (Wildman–Crippen MR) is 159 cm³/mol. The van der Waals surface area contributed by atoms with Gasteiger partial charge in [0.1, 0.15) is 11.5 Å². The van der Waals surface area contributed by atoms with E-state index in [9.17, 15) is 9.59 Å². The third kappa shape index (κ3) is 8.45. The van der Waals surface area contributed by atoms with Gasteiger partial charge < -0.3 is 25.0 Å². The lowest BCUT2D eigenvalue weighted by molar-refractivity contribution is 0.0950. The molecule has 0 bridgehead atoms. The maximum absolute atomic E-state index is 12.5. The molecule has 1 saturated heterocycles. The van der Waals surface area contributed by atoms with Gasteiger partial charge >= 0.3 is 0 Å². The molecule has 0 aromatic heterocycles. The minimum Gasteiger partial charge on any atom is -0.497 e. The van der Waals surface area contributed by atoms with Crippen LogP contribution in [0.5, 0.6) is 11.5 Å². The number of carbonyl (C=O) groups is 2. The minimum atomic E-state index is -0.229. The molecule has 2 N–H and O–H groups in total. The second-order valence-corrected chi connectivity index (χ2v) is 10.2. The summed E-state index contributed by atoms with van der Waals surface area (Å²) in [6, 6.07) is 19.6. The topological polar surface area (TPSA) is 83.1 Å². The SMILES string of the molecule is COc1ccc(CN2CCN(CCCCNC(=O)c3ccc(NC(=O)c4ccc(Cl)cc4)cc3)CC2)c(OC)c1. The first-order chi connectivity index (χ1) is 19.4. The van der Waals surface area contributed by atoms with E-state index in [1.165, 1.54) is 5.56 Å². The quantitative estimate of drug-likeness (QED) is 0.303. The summed E-state index contributed by atoms with van der Waals surface area (Å²) in [7, 11) is 3.36. The largest absolute Gasteiger partial charge is 0.497 e. The van der Waals surface area contributed by atoms with Crippen LogP contribution in [0.4, 0.5) is 5.69 Å². The van der Waals surface area contributed by atoms with Gasteiger partial charge in [0.25, 0.3) is 11.8 Å². The van der Waals surface area contributed by atoms with Gasteiger partial charge in [-0.05, 0) is 74.0 Å². The Hall–Kier alpha value is -3.59. The van der Waals surface area contributed by atoms with Crippen LogP contribution in [0.1, 0.15) is 39.1 Å². The molecule has 0 atom stereocenters. The van der Waals surface area contributed by atoms with Gasteiger partial charge in [0.2, 0.25) is 0 Å². The molecule has 40 heavy (non-hydrogen) atoms. The predicted octanol–water partition coefficient (Wildman–Crippen LogP) is 4.94. The molecule has 1 aliphatic heterocycles. The van der Waals surface area contributed by atoms with Crippen molar-refractivity contribution in [2.24, 2.45) is 0 Å². The number of benzene rings is 3. The van der Waals surface area contributed by atoms with Gasteiger partial charge in [-0.2, -0.15) is 0 Å². The summed E-state index contributed by atoms with van der Waals surface area (Å²) in [5, 5.41) is 6.40. The fourth-order valence-electron chi connectivity index (χ4n) is 4.67. The molecule has 0 spiro atoms. The molecule has 2 amide bonds. The second-order valence-electron chi connectivity index (χ2n) is 9.80. The van der Waals surface area contributed by atoms with Crippen molar-refractivity contribution >= 4 is 29.1 Å². The highest BCUT2D eigenvalue weighted by molar-refractivity contribution is 6.30. The zero-order chi connectivity index (χ0) is 28.3. The molecule has 9 heteroatoms. The van der Waals surface area contributed by atoms with Crippen molar-refractivity contribution in [1.29, 1.82) is 0 Å². The molecule has 1 aliphatic rings. The summed E-state index contributed by atoms with van der Waals surface area (Å²) in [6.45, 7) is 6.62. The molecule has 0 aliphatic carbocycles. The van der Waals surface area contributed by atoms with E-state index < -0.39 is 0 Å². The van der Waals surface area contributed by atoms with Gasteiger partial charge in [0, 0.05) is 72.7 Å². The molecule has 0 saturated carbocycles. The summed E-state index contributed by atoms with van der Waals surface area (Å²) in [4.78, 5) is 29.8. The van der Waals surface area contributed by atoms with Crippen molar-refractivity contribution in [2.45, 2.75) is 19.4 Å². The average molecular weight is 565 g/mol. The number of nitrogens with one attached hydrogen (secondary N) is 2. The lowest BCUT2D eigenvalue weighted by Crippen LogP contribution is -2.46. The highest BCUT2D eigenvalue weighted by atomic mass is 35.5. The number of carbonyl (C=O) groups excluding carboxylic acids is 2. The number of hydrogen-bond acceptors (Lipinski definition) is 6.